The lowest BCUT2D eigenvalue weighted by molar-refractivity contribution is -0.387. The first-order valence-corrected chi connectivity index (χ1v) is 5.94. The molecule has 0 fully saturated rings. The Morgan fingerprint density at radius 3 is 2.50 bits per heavy atom. The predicted molar refractivity (Wildman–Crippen MR) is 56.9 cm³/mol. The Bertz CT molecular complexity index is 538. The highest BCUT2D eigenvalue weighted by Gasteiger charge is 2.26. The van der Waals surface area contributed by atoms with E-state index in [0.717, 1.165) is 12.1 Å². The number of nitrogens with zero attached hydrogens (tertiary/aromatic N) is 1. The molecule has 8 heteroatoms. The van der Waals surface area contributed by atoms with Crippen LogP contribution in [0.4, 0.5) is 11.4 Å². The molecule has 0 saturated heterocycles. The molecule has 88 valence electrons. The second-order valence-corrected chi connectivity index (χ2v) is 5.29. The standard InChI is InChI=1S/C8H10N2O5S/c1-2-16(14,15)8-3-5(9)7(11)4-6(8)10(12)13/h3-4,11H,2,9H2,1H3. The Morgan fingerprint density at radius 1 is 1.50 bits per heavy atom. The predicted octanol–water partition coefficient (Wildman–Crippen LogP) is 0.676. The summed E-state index contributed by atoms with van der Waals surface area (Å²) in [7, 11) is -3.75. The number of sulfone groups is 1. The molecule has 3 N–H and O–H groups in total. The number of hydrogen-bond donors (Lipinski definition) is 2. The summed E-state index contributed by atoms with van der Waals surface area (Å²) in [5.41, 5.74) is 4.42. The fraction of sp³-hybridized carbons (Fsp3) is 0.250. The van der Waals surface area contributed by atoms with Crippen LogP contribution in [0.3, 0.4) is 0 Å². The highest BCUT2D eigenvalue weighted by atomic mass is 32.2. The number of nitrogen functional groups attached to an aromatic ring is 1. The monoisotopic (exact) mass is 246 g/mol. The van der Waals surface area contributed by atoms with Gasteiger partial charge in [-0.3, -0.25) is 10.1 Å². The molecular formula is C8H10N2O5S. The van der Waals surface area contributed by atoms with E-state index < -0.39 is 31.1 Å². The molecule has 0 aliphatic heterocycles. The summed E-state index contributed by atoms with van der Waals surface area (Å²) < 4.78 is 23.1. The maximum absolute atomic E-state index is 11.5. The zero-order chi connectivity index (χ0) is 12.5. The van der Waals surface area contributed by atoms with Crippen molar-refractivity contribution in [2.75, 3.05) is 11.5 Å². The largest absolute Gasteiger partial charge is 0.506 e. The number of benzene rings is 1. The lowest BCUT2D eigenvalue weighted by atomic mass is 10.2. The van der Waals surface area contributed by atoms with Gasteiger partial charge in [0.25, 0.3) is 5.69 Å². The number of rotatable bonds is 3. The minimum Gasteiger partial charge on any atom is -0.506 e. The molecule has 16 heavy (non-hydrogen) atoms. The van der Waals surface area contributed by atoms with Gasteiger partial charge in [-0.2, -0.15) is 0 Å². The smallest absolute Gasteiger partial charge is 0.291 e. The first-order valence-electron chi connectivity index (χ1n) is 4.29. The molecule has 0 aliphatic rings. The number of nitrogens with two attached hydrogens (primary N) is 1. The minimum absolute atomic E-state index is 0.211. The second-order valence-electron chi connectivity index (χ2n) is 3.04. The van der Waals surface area contributed by atoms with Gasteiger partial charge < -0.3 is 10.8 Å². The summed E-state index contributed by atoms with van der Waals surface area (Å²) in [6.45, 7) is 1.36. The van der Waals surface area contributed by atoms with Gasteiger partial charge in [0, 0.05) is 0 Å². The van der Waals surface area contributed by atoms with Gasteiger partial charge in [0.05, 0.1) is 22.4 Å². The summed E-state index contributed by atoms with van der Waals surface area (Å²) in [5, 5.41) is 19.8. The van der Waals surface area contributed by atoms with Gasteiger partial charge in [-0.25, -0.2) is 8.42 Å². The van der Waals surface area contributed by atoms with Crippen molar-refractivity contribution in [3.63, 3.8) is 0 Å². The lowest BCUT2D eigenvalue weighted by Gasteiger charge is -2.05. The fourth-order valence-corrected chi connectivity index (χ4v) is 2.19. The van der Waals surface area contributed by atoms with Crippen LogP contribution >= 0.6 is 0 Å². The number of nitro groups is 1. The van der Waals surface area contributed by atoms with Crippen molar-refractivity contribution in [1.82, 2.24) is 0 Å². The first kappa shape index (κ1) is 12.2. The molecule has 0 aromatic heterocycles. The lowest BCUT2D eigenvalue weighted by Crippen LogP contribution is -2.08. The van der Waals surface area contributed by atoms with E-state index in [1.165, 1.54) is 6.92 Å². The van der Waals surface area contributed by atoms with Crippen LogP contribution in [0.2, 0.25) is 0 Å². The van der Waals surface area contributed by atoms with E-state index in [0.29, 0.717) is 0 Å². The van der Waals surface area contributed by atoms with Crippen LogP contribution in [0.1, 0.15) is 6.92 Å². The Kier molecular flexibility index (Phi) is 3.04. The Balaban J connectivity index is 3.61. The van der Waals surface area contributed by atoms with Crippen molar-refractivity contribution in [2.24, 2.45) is 0 Å². The Morgan fingerprint density at radius 2 is 2.06 bits per heavy atom. The van der Waals surface area contributed by atoms with Gasteiger partial charge in [0.2, 0.25) is 0 Å². The van der Waals surface area contributed by atoms with Gasteiger partial charge in [-0.05, 0) is 6.07 Å². The molecular weight excluding hydrogens is 236 g/mol. The normalized spacial score (nSPS) is 11.3. The molecule has 0 aliphatic carbocycles. The van der Waals surface area contributed by atoms with Crippen molar-refractivity contribution in [1.29, 1.82) is 0 Å². The summed E-state index contributed by atoms with van der Waals surface area (Å²) in [6.07, 6.45) is 0. The fourth-order valence-electron chi connectivity index (χ4n) is 1.12. The highest BCUT2D eigenvalue weighted by molar-refractivity contribution is 7.91. The van der Waals surface area contributed by atoms with E-state index in [4.69, 9.17) is 5.73 Å². The minimum atomic E-state index is -3.75. The van der Waals surface area contributed by atoms with Gasteiger partial charge >= 0.3 is 0 Å². The van der Waals surface area contributed by atoms with Crippen molar-refractivity contribution in [3.05, 3.63) is 22.2 Å². The van der Waals surface area contributed by atoms with Crippen molar-refractivity contribution in [3.8, 4) is 5.75 Å². The molecule has 1 aromatic rings. The number of phenols is 1. The van der Waals surface area contributed by atoms with E-state index in [1.807, 2.05) is 0 Å². The zero-order valence-corrected chi connectivity index (χ0v) is 9.19. The molecule has 7 nitrogen and oxygen atoms in total. The van der Waals surface area contributed by atoms with Crippen molar-refractivity contribution in [2.45, 2.75) is 11.8 Å². The van der Waals surface area contributed by atoms with Gasteiger partial charge in [0.15, 0.2) is 9.84 Å². The summed E-state index contributed by atoms with van der Waals surface area (Å²) in [5.74, 6) is -0.792. The van der Waals surface area contributed by atoms with E-state index in [2.05, 4.69) is 0 Å². The highest BCUT2D eigenvalue weighted by Crippen LogP contribution is 2.33. The first-order chi connectivity index (χ1) is 7.29. The Labute approximate surface area is 91.6 Å². The maximum atomic E-state index is 11.5. The second kappa shape index (κ2) is 3.97. The van der Waals surface area contributed by atoms with E-state index >= 15 is 0 Å². The van der Waals surface area contributed by atoms with Crippen LogP contribution in [-0.2, 0) is 9.84 Å². The molecule has 1 aromatic carbocycles. The summed E-state index contributed by atoms with van der Waals surface area (Å²) in [4.78, 5) is 9.29. The molecule has 0 unspecified atom stereocenters. The number of hydrogen-bond acceptors (Lipinski definition) is 6. The zero-order valence-electron chi connectivity index (χ0n) is 8.37. The number of nitro benzene ring substituents is 1. The quantitative estimate of drug-likeness (QED) is 0.349. The van der Waals surface area contributed by atoms with E-state index in [1.54, 1.807) is 0 Å². The summed E-state index contributed by atoms with van der Waals surface area (Å²) >= 11 is 0. The molecule has 0 radical (unpaired) electrons. The molecule has 0 saturated carbocycles. The third-order valence-electron chi connectivity index (χ3n) is 2.02. The third kappa shape index (κ3) is 2.06. The van der Waals surface area contributed by atoms with Crippen LogP contribution in [0.15, 0.2) is 17.0 Å². The number of phenolic OH excluding ortho intramolecular Hbond substituents is 1. The van der Waals surface area contributed by atoms with Gasteiger partial charge in [0.1, 0.15) is 10.6 Å². The third-order valence-corrected chi connectivity index (χ3v) is 3.78. The molecule has 0 spiro atoms. The topological polar surface area (TPSA) is 124 Å². The van der Waals surface area contributed by atoms with Crippen molar-refractivity contribution >= 4 is 21.2 Å². The average molecular weight is 246 g/mol. The van der Waals surface area contributed by atoms with Crippen molar-refractivity contribution < 1.29 is 18.4 Å². The molecule has 1 rings (SSSR count). The van der Waals surface area contributed by atoms with Crippen LogP contribution in [0, 0.1) is 10.1 Å². The van der Waals surface area contributed by atoms with E-state index in [-0.39, 0.29) is 11.4 Å². The average Bonchev–Trinajstić information content (AvgIpc) is 2.21. The van der Waals surface area contributed by atoms with E-state index in [9.17, 15) is 23.6 Å². The van der Waals surface area contributed by atoms with Crippen LogP contribution < -0.4 is 5.73 Å². The summed E-state index contributed by atoms with van der Waals surface area (Å²) in [6, 6.07) is 1.63. The molecule has 0 bridgehead atoms. The number of aromatic hydroxyl groups is 1. The van der Waals surface area contributed by atoms with Crippen LogP contribution in [-0.4, -0.2) is 24.2 Å². The molecule has 0 heterocycles. The number of anilines is 1. The van der Waals surface area contributed by atoms with Crippen LogP contribution in [0.5, 0.6) is 5.75 Å². The maximum Gasteiger partial charge on any atom is 0.291 e. The SMILES string of the molecule is CCS(=O)(=O)c1cc(N)c(O)cc1[N+](=O)[O-]. The van der Waals surface area contributed by atoms with Gasteiger partial charge in [-0.1, -0.05) is 6.92 Å². The Hall–Kier alpha value is -1.83. The molecule has 0 amide bonds. The molecule has 0 atom stereocenters. The van der Waals surface area contributed by atoms with Crippen LogP contribution in [0.25, 0.3) is 0 Å². The van der Waals surface area contributed by atoms with Gasteiger partial charge in [-0.15, -0.1) is 0 Å².